The van der Waals surface area contributed by atoms with Crippen LogP contribution in [-0.4, -0.2) is 39.6 Å². The fraction of sp³-hybridized carbons (Fsp3) is 0.192. The molecule has 0 radical (unpaired) electrons. The third kappa shape index (κ3) is 6.48. The summed E-state index contributed by atoms with van der Waals surface area (Å²) in [6.07, 6.45) is 0. The van der Waals surface area contributed by atoms with Gasteiger partial charge in [-0.15, -0.1) is 0 Å². The highest BCUT2D eigenvalue weighted by Crippen LogP contribution is 2.32. The quantitative estimate of drug-likeness (QED) is 0.338. The normalized spacial score (nSPS) is 11.5. The van der Waals surface area contributed by atoms with Crippen molar-refractivity contribution >= 4 is 38.9 Å². The van der Waals surface area contributed by atoms with E-state index in [4.69, 9.17) is 4.74 Å². The van der Waals surface area contributed by atoms with Crippen LogP contribution in [0.15, 0.2) is 82.8 Å². The van der Waals surface area contributed by atoms with Gasteiger partial charge in [0.15, 0.2) is 0 Å². The lowest BCUT2D eigenvalue weighted by atomic mass is 10.1. The number of rotatable bonds is 9. The number of nitrogens with one attached hydrogen (secondary N) is 2. The lowest BCUT2D eigenvalue weighted by Crippen LogP contribution is -2.40. The molecule has 0 aliphatic carbocycles. The predicted molar refractivity (Wildman–Crippen MR) is 140 cm³/mol. The Bertz CT molecular complexity index is 1390. The zero-order chi connectivity index (χ0) is 26.3. The van der Waals surface area contributed by atoms with Crippen LogP contribution in [-0.2, 0) is 19.6 Å². The van der Waals surface area contributed by atoms with Gasteiger partial charge in [0.05, 0.1) is 23.4 Å². The number of carbonyl (C=O) groups excluding carboxylic acids is 2. The minimum atomic E-state index is -4.10. The van der Waals surface area contributed by atoms with Crippen LogP contribution >= 0.6 is 0 Å². The summed E-state index contributed by atoms with van der Waals surface area (Å²) >= 11 is 0. The van der Waals surface area contributed by atoms with E-state index < -0.39 is 22.5 Å². The first kappa shape index (κ1) is 26.4. The molecule has 0 heterocycles. The van der Waals surface area contributed by atoms with Gasteiger partial charge in [-0.3, -0.25) is 13.9 Å². The van der Waals surface area contributed by atoms with E-state index in [0.717, 1.165) is 9.87 Å². The molecule has 2 amide bonds. The number of methoxy groups -OCH3 is 1. The number of hydrazone groups is 1. The van der Waals surface area contributed by atoms with Gasteiger partial charge in [-0.1, -0.05) is 42.0 Å². The van der Waals surface area contributed by atoms with Crippen LogP contribution in [0.2, 0.25) is 0 Å². The largest absolute Gasteiger partial charge is 0.495 e. The Hall–Kier alpha value is -4.18. The van der Waals surface area contributed by atoms with Gasteiger partial charge in [-0.2, -0.15) is 5.10 Å². The number of hydrogen-bond acceptors (Lipinski definition) is 6. The molecule has 36 heavy (non-hydrogen) atoms. The highest BCUT2D eigenvalue weighted by atomic mass is 32.2. The number of hydrogen-bond donors (Lipinski definition) is 2. The molecule has 0 fully saturated rings. The third-order valence-corrected chi connectivity index (χ3v) is 6.97. The van der Waals surface area contributed by atoms with Gasteiger partial charge in [-0.05, 0) is 55.8 Å². The molecule has 188 valence electrons. The average molecular weight is 509 g/mol. The lowest BCUT2D eigenvalue weighted by molar-refractivity contribution is -0.119. The van der Waals surface area contributed by atoms with Crippen molar-refractivity contribution in [3.8, 4) is 5.75 Å². The highest BCUT2D eigenvalue weighted by Gasteiger charge is 2.29. The fourth-order valence-electron chi connectivity index (χ4n) is 3.37. The number of sulfonamides is 1. The molecule has 0 saturated carbocycles. The maximum absolute atomic E-state index is 13.6. The first-order valence-corrected chi connectivity index (χ1v) is 12.5. The van der Waals surface area contributed by atoms with Crippen molar-refractivity contribution in [2.45, 2.75) is 25.7 Å². The van der Waals surface area contributed by atoms with Crippen LogP contribution < -0.4 is 19.8 Å². The van der Waals surface area contributed by atoms with Crippen LogP contribution in [0.5, 0.6) is 5.75 Å². The van der Waals surface area contributed by atoms with E-state index in [2.05, 4.69) is 15.8 Å². The standard InChI is InChI=1S/C26H28N4O5S/c1-18-12-14-23(15-13-18)36(33,34)30(24-10-5-6-11-25(24)35-4)17-26(32)29-28-19(2)21-8-7-9-22(16-21)27-20(3)31/h5-16H,17H2,1-4H3,(H,27,31)(H,29,32)/b28-19+. The summed E-state index contributed by atoms with van der Waals surface area (Å²) in [5.74, 6) is -0.550. The molecule has 0 aromatic heterocycles. The van der Waals surface area contributed by atoms with Crippen molar-refractivity contribution in [2.75, 3.05) is 23.3 Å². The van der Waals surface area contributed by atoms with Gasteiger partial charge < -0.3 is 10.1 Å². The Morgan fingerprint density at radius 1 is 0.972 bits per heavy atom. The number of amides is 2. The van der Waals surface area contributed by atoms with E-state index in [1.54, 1.807) is 67.6 Å². The number of nitrogens with zero attached hydrogens (tertiary/aromatic N) is 2. The number of aryl methyl sites for hydroxylation is 1. The van der Waals surface area contributed by atoms with E-state index in [9.17, 15) is 18.0 Å². The summed E-state index contributed by atoms with van der Waals surface area (Å²) in [5, 5.41) is 6.81. The Morgan fingerprint density at radius 2 is 1.67 bits per heavy atom. The Morgan fingerprint density at radius 3 is 2.33 bits per heavy atom. The van der Waals surface area contributed by atoms with Gasteiger partial charge in [0.2, 0.25) is 5.91 Å². The summed E-state index contributed by atoms with van der Waals surface area (Å²) in [5.41, 5.74) is 5.29. The molecular formula is C26H28N4O5S. The smallest absolute Gasteiger partial charge is 0.264 e. The lowest BCUT2D eigenvalue weighted by Gasteiger charge is -2.25. The van der Waals surface area contributed by atoms with Crippen molar-refractivity contribution in [3.05, 3.63) is 83.9 Å². The highest BCUT2D eigenvalue weighted by molar-refractivity contribution is 7.92. The van der Waals surface area contributed by atoms with E-state index in [-0.39, 0.29) is 16.5 Å². The van der Waals surface area contributed by atoms with Crippen LogP contribution in [0.25, 0.3) is 0 Å². The summed E-state index contributed by atoms with van der Waals surface area (Å²) in [7, 11) is -2.67. The monoisotopic (exact) mass is 508 g/mol. The molecule has 0 spiro atoms. The molecule has 0 aliphatic heterocycles. The second-order valence-electron chi connectivity index (χ2n) is 7.99. The van der Waals surface area contributed by atoms with Gasteiger partial charge in [-0.25, -0.2) is 13.8 Å². The van der Waals surface area contributed by atoms with Crippen LogP contribution in [0.1, 0.15) is 25.0 Å². The maximum Gasteiger partial charge on any atom is 0.264 e. The Labute approximate surface area is 210 Å². The fourth-order valence-corrected chi connectivity index (χ4v) is 4.81. The molecule has 9 nitrogen and oxygen atoms in total. The molecule has 0 atom stereocenters. The number of para-hydroxylation sites is 2. The Balaban J connectivity index is 1.88. The zero-order valence-electron chi connectivity index (χ0n) is 20.5. The third-order valence-electron chi connectivity index (χ3n) is 5.20. The van der Waals surface area contributed by atoms with Crippen LogP contribution in [0.4, 0.5) is 11.4 Å². The summed E-state index contributed by atoms with van der Waals surface area (Å²) in [4.78, 5) is 24.2. The molecule has 10 heteroatoms. The van der Waals surface area contributed by atoms with Crippen molar-refractivity contribution in [2.24, 2.45) is 5.10 Å². The molecule has 0 saturated heterocycles. The molecule has 3 aromatic rings. The minimum Gasteiger partial charge on any atom is -0.495 e. The second kappa shape index (κ2) is 11.5. The van der Waals surface area contributed by atoms with Crippen LogP contribution in [0.3, 0.4) is 0 Å². The van der Waals surface area contributed by atoms with Crippen molar-refractivity contribution < 1.29 is 22.7 Å². The zero-order valence-corrected chi connectivity index (χ0v) is 21.3. The van der Waals surface area contributed by atoms with Crippen LogP contribution in [0, 0.1) is 6.92 Å². The number of anilines is 2. The molecule has 0 bridgehead atoms. The number of ether oxygens (including phenoxy) is 1. The molecular weight excluding hydrogens is 480 g/mol. The van der Waals surface area contributed by atoms with Crippen molar-refractivity contribution in [1.29, 1.82) is 0 Å². The number of benzene rings is 3. The van der Waals surface area contributed by atoms with Gasteiger partial charge >= 0.3 is 0 Å². The Kier molecular flexibility index (Phi) is 8.44. The predicted octanol–water partition coefficient (Wildman–Crippen LogP) is 3.70. The molecule has 3 rings (SSSR count). The van der Waals surface area contributed by atoms with E-state index in [1.165, 1.54) is 26.2 Å². The summed E-state index contributed by atoms with van der Waals surface area (Å²) in [6.45, 7) is 4.42. The van der Waals surface area contributed by atoms with Gasteiger partial charge in [0.25, 0.3) is 15.9 Å². The average Bonchev–Trinajstić information content (AvgIpc) is 2.85. The SMILES string of the molecule is COc1ccccc1N(CC(=O)N/N=C(\C)c1cccc(NC(C)=O)c1)S(=O)(=O)c1ccc(C)cc1. The van der Waals surface area contributed by atoms with Crippen molar-refractivity contribution in [3.63, 3.8) is 0 Å². The van der Waals surface area contributed by atoms with E-state index >= 15 is 0 Å². The summed E-state index contributed by atoms with van der Waals surface area (Å²) < 4.78 is 33.5. The molecule has 2 N–H and O–H groups in total. The maximum atomic E-state index is 13.6. The van der Waals surface area contributed by atoms with Crippen molar-refractivity contribution in [1.82, 2.24) is 5.43 Å². The first-order valence-electron chi connectivity index (χ1n) is 11.1. The summed E-state index contributed by atoms with van der Waals surface area (Å²) in [6, 6.07) is 19.9. The van der Waals surface area contributed by atoms with E-state index in [0.29, 0.717) is 22.7 Å². The second-order valence-corrected chi connectivity index (χ2v) is 9.85. The molecule has 3 aromatic carbocycles. The number of carbonyl (C=O) groups is 2. The minimum absolute atomic E-state index is 0.0428. The topological polar surface area (TPSA) is 117 Å². The first-order chi connectivity index (χ1) is 17.1. The molecule has 0 unspecified atom stereocenters. The van der Waals surface area contributed by atoms with Gasteiger partial charge in [0, 0.05) is 12.6 Å². The van der Waals surface area contributed by atoms with E-state index in [1.807, 2.05) is 6.92 Å². The molecule has 0 aliphatic rings. The van der Waals surface area contributed by atoms with Gasteiger partial charge in [0.1, 0.15) is 12.3 Å².